The number of allylic oxidation sites excluding steroid dienone is 8. The Labute approximate surface area is 157 Å². The smallest absolute Gasteiger partial charge is 1.00 e. The molecule has 0 amide bonds. The molecule has 1 nitrogen and oxygen atoms in total. The zero-order chi connectivity index (χ0) is 13.5. The fraction of sp³-hybridized carbons (Fsp3) is 0.500. The molecule has 0 aromatic heterocycles. The maximum absolute atomic E-state index is 2.81. The fourth-order valence-corrected chi connectivity index (χ4v) is 7.71. The molecule has 1 fully saturated rings. The van der Waals surface area contributed by atoms with Crippen molar-refractivity contribution >= 4 is 8.24 Å². The van der Waals surface area contributed by atoms with E-state index in [1.807, 2.05) is 0 Å². The van der Waals surface area contributed by atoms with Gasteiger partial charge in [0.25, 0.3) is 0 Å². The molecule has 0 radical (unpaired) electrons. The molecule has 1 saturated heterocycles. The molecule has 21 heavy (non-hydrogen) atoms. The quantitative estimate of drug-likeness (QED) is 0.473. The van der Waals surface area contributed by atoms with Crippen LogP contribution in [-0.2, 0) is 24.7 Å². The van der Waals surface area contributed by atoms with Crippen LogP contribution in [0.1, 0.15) is 25.7 Å². The Morgan fingerprint density at radius 3 is 2.19 bits per heavy atom. The number of nitrogens with zero attached hydrogens (tertiary/aromatic N) is 1. The van der Waals surface area contributed by atoms with Gasteiger partial charge in [0.15, 0.2) is 0 Å². The van der Waals surface area contributed by atoms with Crippen LogP contribution >= 0.6 is 0 Å². The minimum absolute atomic E-state index is 0. The van der Waals surface area contributed by atoms with Gasteiger partial charge in [-0.05, 0) is 0 Å². The molecule has 1 heterocycles. The summed E-state index contributed by atoms with van der Waals surface area (Å²) in [5.41, 5.74) is 3.24. The van der Waals surface area contributed by atoms with E-state index in [0.29, 0.717) is 0 Å². The van der Waals surface area contributed by atoms with Crippen LogP contribution in [0.4, 0.5) is 0 Å². The van der Waals surface area contributed by atoms with E-state index in [9.17, 15) is 0 Å². The largest absolute Gasteiger partial charge is 1.00 e. The minimum Gasteiger partial charge on any atom is -1.00 e. The molecule has 0 N–H and O–H groups in total. The monoisotopic (exact) mass is 416 g/mol. The summed E-state index contributed by atoms with van der Waals surface area (Å²) in [5.74, 6) is 0. The first-order chi connectivity index (χ1) is 9.10. The molecular weight excluding hydrogens is 396 g/mol. The normalized spacial score (nSPS) is 22.1. The van der Waals surface area contributed by atoms with E-state index in [4.69, 9.17) is 0 Å². The molecule has 113 valence electrons. The predicted octanol–water partition coefficient (Wildman–Crippen LogP) is -2.15. The first-order valence-electron chi connectivity index (χ1n) is 7.37. The SMILES string of the molecule is C[Si](C)(C1=C(C2=[C]([Zr+2])CC=C2)CC=C1)N1CCCC1.[Cl-].[Cl-]. The van der Waals surface area contributed by atoms with E-state index >= 15 is 0 Å². The minimum atomic E-state index is -1.43. The Bertz CT molecular complexity index is 514. The van der Waals surface area contributed by atoms with Crippen molar-refractivity contribution in [3.05, 3.63) is 43.9 Å². The second kappa shape index (κ2) is 7.93. The van der Waals surface area contributed by atoms with Gasteiger partial charge in [0, 0.05) is 0 Å². The van der Waals surface area contributed by atoms with Crippen LogP contribution in [0.15, 0.2) is 43.9 Å². The molecule has 0 aromatic rings. The third-order valence-corrected chi connectivity index (χ3v) is 9.72. The average molecular weight is 419 g/mol. The van der Waals surface area contributed by atoms with Crippen molar-refractivity contribution in [2.45, 2.75) is 38.8 Å². The Morgan fingerprint density at radius 1 is 1.00 bits per heavy atom. The summed E-state index contributed by atoms with van der Waals surface area (Å²) in [7, 11) is -1.43. The van der Waals surface area contributed by atoms with Crippen LogP contribution in [0.5, 0.6) is 0 Å². The van der Waals surface area contributed by atoms with E-state index in [0.717, 1.165) is 6.42 Å². The number of halogens is 2. The van der Waals surface area contributed by atoms with Crippen LogP contribution in [0.3, 0.4) is 0 Å². The third-order valence-electron chi connectivity index (χ3n) is 4.74. The van der Waals surface area contributed by atoms with E-state index < -0.39 is 8.24 Å². The summed E-state index contributed by atoms with van der Waals surface area (Å²) in [4.78, 5) is 0. The Hall–Kier alpha value is 0.600. The zero-order valence-electron chi connectivity index (χ0n) is 12.8. The summed E-state index contributed by atoms with van der Waals surface area (Å²) in [5, 5.41) is 1.70. The molecule has 1 aliphatic heterocycles. The van der Waals surface area contributed by atoms with Gasteiger partial charge < -0.3 is 24.8 Å². The van der Waals surface area contributed by atoms with Crippen molar-refractivity contribution in [3.63, 3.8) is 0 Å². The van der Waals surface area contributed by atoms with Crippen molar-refractivity contribution in [2.24, 2.45) is 0 Å². The molecule has 2 aliphatic carbocycles. The molecule has 0 aromatic carbocycles. The first-order valence-corrected chi connectivity index (χ1v) is 11.5. The van der Waals surface area contributed by atoms with E-state index in [1.165, 1.54) is 32.4 Å². The van der Waals surface area contributed by atoms with Gasteiger partial charge in [-0.1, -0.05) is 0 Å². The van der Waals surface area contributed by atoms with Crippen molar-refractivity contribution < 1.29 is 49.5 Å². The van der Waals surface area contributed by atoms with Crippen molar-refractivity contribution in [3.8, 4) is 0 Å². The standard InChI is InChI=1S/C16H22NSi.2ClH.Zr/c1-18(2,17-12-5-6-13-17)16-11-7-10-15(16)14-8-3-4-9-14;;;/h3,7-8,11H,4-6,10,12-13H2,1-2H3;2*1H;/q;;;+2/p-2. The summed E-state index contributed by atoms with van der Waals surface area (Å²) < 4.78 is 4.45. The van der Waals surface area contributed by atoms with Crippen molar-refractivity contribution in [1.29, 1.82) is 0 Å². The number of hydrogen-bond acceptors (Lipinski definition) is 1. The molecule has 0 saturated carbocycles. The maximum Gasteiger partial charge on any atom is -1.00 e. The van der Waals surface area contributed by atoms with E-state index in [2.05, 4.69) is 42.0 Å². The van der Waals surface area contributed by atoms with Gasteiger partial charge in [-0.2, -0.15) is 0 Å². The summed E-state index contributed by atoms with van der Waals surface area (Å²) in [6, 6.07) is 0. The molecule has 3 rings (SSSR count). The Balaban J connectivity index is 0.00000110. The number of hydrogen-bond donors (Lipinski definition) is 0. The molecule has 0 spiro atoms. The van der Waals surface area contributed by atoms with Gasteiger partial charge in [0.05, 0.1) is 0 Å². The zero-order valence-corrected chi connectivity index (χ0v) is 17.7. The van der Waals surface area contributed by atoms with Gasteiger partial charge in [-0.25, -0.2) is 0 Å². The van der Waals surface area contributed by atoms with Crippen molar-refractivity contribution in [1.82, 2.24) is 4.57 Å². The second-order valence-electron chi connectivity index (χ2n) is 6.25. The Morgan fingerprint density at radius 2 is 1.62 bits per heavy atom. The van der Waals surface area contributed by atoms with Gasteiger partial charge >= 0.3 is 133 Å². The number of rotatable bonds is 3. The van der Waals surface area contributed by atoms with Crippen molar-refractivity contribution in [2.75, 3.05) is 13.1 Å². The van der Waals surface area contributed by atoms with Gasteiger partial charge in [-0.3, -0.25) is 0 Å². The predicted molar refractivity (Wildman–Crippen MR) is 79.9 cm³/mol. The molecule has 0 unspecified atom stereocenters. The molecule has 0 bridgehead atoms. The van der Waals surface area contributed by atoms with Crippen LogP contribution in [0.2, 0.25) is 13.1 Å². The topological polar surface area (TPSA) is 3.24 Å². The maximum atomic E-state index is 2.81. The van der Waals surface area contributed by atoms with Crippen LogP contribution in [-0.4, -0.2) is 25.9 Å². The van der Waals surface area contributed by atoms with Gasteiger partial charge in [0.1, 0.15) is 0 Å². The second-order valence-corrected chi connectivity index (χ2v) is 12.0. The fourth-order valence-electron chi connectivity index (χ4n) is 3.57. The summed E-state index contributed by atoms with van der Waals surface area (Å²) in [6.45, 7) is 7.74. The summed E-state index contributed by atoms with van der Waals surface area (Å²) >= 11 is 1.60. The average Bonchev–Trinajstić information content (AvgIpc) is 3.10. The van der Waals surface area contributed by atoms with E-state index in [1.54, 1.807) is 44.3 Å². The first kappa shape index (κ1) is 19.6. The molecule has 0 atom stereocenters. The molecule has 5 heteroatoms. The van der Waals surface area contributed by atoms with Gasteiger partial charge in [-0.15, -0.1) is 0 Å². The van der Waals surface area contributed by atoms with E-state index in [-0.39, 0.29) is 24.8 Å². The third kappa shape index (κ3) is 3.75. The van der Waals surface area contributed by atoms with Gasteiger partial charge in [0.2, 0.25) is 0 Å². The summed E-state index contributed by atoms with van der Waals surface area (Å²) in [6.07, 6.45) is 14.7. The van der Waals surface area contributed by atoms with Crippen LogP contribution < -0.4 is 24.8 Å². The molecular formula is C16H22Cl2NSiZr. The van der Waals surface area contributed by atoms with Crippen LogP contribution in [0.25, 0.3) is 0 Å². The molecule has 3 aliphatic rings. The van der Waals surface area contributed by atoms with Crippen LogP contribution in [0, 0.1) is 0 Å². The Kier molecular flexibility index (Phi) is 7.41.